The molecule has 11 heavy (non-hydrogen) atoms. The van der Waals surface area contributed by atoms with E-state index in [4.69, 9.17) is 9.84 Å². The highest BCUT2D eigenvalue weighted by atomic mass is 16.5. The predicted molar refractivity (Wildman–Crippen MR) is 39.3 cm³/mol. The monoisotopic (exact) mass is 162 g/mol. The van der Waals surface area contributed by atoms with Crippen molar-refractivity contribution in [3.8, 4) is 0 Å². The van der Waals surface area contributed by atoms with Crippen LogP contribution in [0.25, 0.3) is 0 Å². The zero-order valence-electron chi connectivity index (χ0n) is 7.21. The van der Waals surface area contributed by atoms with Gasteiger partial charge < -0.3 is 14.9 Å². The summed E-state index contributed by atoms with van der Waals surface area (Å²) < 4.78 is 4.71. The van der Waals surface area contributed by atoms with Crippen molar-refractivity contribution in [2.75, 3.05) is 7.11 Å². The van der Waals surface area contributed by atoms with Gasteiger partial charge >= 0.3 is 5.97 Å². The maximum Gasteiger partial charge on any atom is 0.338 e. The Bertz CT molecular complexity index is 158. The van der Waals surface area contributed by atoms with Crippen LogP contribution in [0.4, 0.5) is 0 Å². The average molecular weight is 162 g/mol. The van der Waals surface area contributed by atoms with Crippen molar-refractivity contribution in [3.63, 3.8) is 0 Å². The number of rotatable bonds is 3. The molecule has 0 aliphatic carbocycles. The average Bonchev–Trinajstić information content (AvgIpc) is 1.83. The fourth-order valence-corrected chi connectivity index (χ4v) is 0.599. The van der Waals surface area contributed by atoms with Gasteiger partial charge in [0.15, 0.2) is 5.60 Å². The Morgan fingerprint density at radius 2 is 1.73 bits per heavy atom. The first-order chi connectivity index (χ1) is 4.75. The van der Waals surface area contributed by atoms with E-state index in [9.17, 15) is 9.90 Å². The Labute approximate surface area is 65.8 Å². The molecule has 0 aliphatic rings. The highest BCUT2D eigenvalue weighted by Gasteiger charge is 2.47. The molecule has 2 N–H and O–H groups in total. The summed E-state index contributed by atoms with van der Waals surface area (Å²) in [5.74, 6) is -1.17. The highest BCUT2D eigenvalue weighted by Crippen LogP contribution is 2.24. The van der Waals surface area contributed by atoms with E-state index >= 15 is 0 Å². The van der Waals surface area contributed by atoms with Crippen LogP contribution in [0.2, 0.25) is 0 Å². The lowest BCUT2D eigenvalue weighted by Crippen LogP contribution is -2.55. The Hall–Kier alpha value is -0.610. The van der Waals surface area contributed by atoms with E-state index in [0.29, 0.717) is 0 Å². The second-order valence-corrected chi connectivity index (χ2v) is 3.10. The Morgan fingerprint density at radius 3 is 1.73 bits per heavy atom. The molecule has 0 saturated carbocycles. The van der Waals surface area contributed by atoms with E-state index in [1.165, 1.54) is 27.9 Å². The molecule has 4 heteroatoms. The van der Waals surface area contributed by atoms with Crippen molar-refractivity contribution >= 4 is 5.97 Å². The lowest BCUT2D eigenvalue weighted by molar-refractivity contribution is -0.188. The SMILES string of the molecule is COC(C)(C(=O)O)C(C)(C)O. The third-order valence-corrected chi connectivity index (χ3v) is 1.98. The molecular weight excluding hydrogens is 148 g/mol. The normalized spacial score (nSPS) is 17.5. The maximum atomic E-state index is 10.6. The van der Waals surface area contributed by atoms with Crippen LogP contribution in [0.3, 0.4) is 0 Å². The van der Waals surface area contributed by atoms with Crippen LogP contribution < -0.4 is 0 Å². The van der Waals surface area contributed by atoms with E-state index in [1.807, 2.05) is 0 Å². The quantitative estimate of drug-likeness (QED) is 0.624. The van der Waals surface area contributed by atoms with Crippen LogP contribution in [0.15, 0.2) is 0 Å². The first-order valence-corrected chi connectivity index (χ1v) is 3.26. The Morgan fingerprint density at radius 1 is 1.36 bits per heavy atom. The van der Waals surface area contributed by atoms with Gasteiger partial charge in [-0.2, -0.15) is 0 Å². The smallest absolute Gasteiger partial charge is 0.338 e. The fraction of sp³-hybridized carbons (Fsp3) is 0.857. The molecule has 0 saturated heterocycles. The molecule has 0 spiro atoms. The molecule has 66 valence electrons. The van der Waals surface area contributed by atoms with Crippen LogP contribution in [0.1, 0.15) is 20.8 Å². The zero-order valence-corrected chi connectivity index (χ0v) is 7.21. The largest absolute Gasteiger partial charge is 0.479 e. The minimum atomic E-state index is -1.55. The molecule has 4 nitrogen and oxygen atoms in total. The summed E-state index contributed by atoms with van der Waals surface area (Å²) in [4.78, 5) is 10.6. The first kappa shape index (κ1) is 10.4. The van der Waals surface area contributed by atoms with Gasteiger partial charge in [0.05, 0.1) is 5.60 Å². The fourth-order valence-electron chi connectivity index (χ4n) is 0.599. The van der Waals surface area contributed by atoms with Crippen LogP contribution in [0, 0.1) is 0 Å². The van der Waals surface area contributed by atoms with Crippen molar-refractivity contribution in [3.05, 3.63) is 0 Å². The minimum absolute atomic E-state index is 1.17. The van der Waals surface area contributed by atoms with Crippen molar-refractivity contribution in [2.24, 2.45) is 0 Å². The van der Waals surface area contributed by atoms with Gasteiger partial charge in [-0.25, -0.2) is 4.79 Å². The van der Waals surface area contributed by atoms with E-state index in [2.05, 4.69) is 0 Å². The van der Waals surface area contributed by atoms with Gasteiger partial charge in [-0.3, -0.25) is 0 Å². The van der Waals surface area contributed by atoms with E-state index in [1.54, 1.807) is 0 Å². The summed E-state index contributed by atoms with van der Waals surface area (Å²) in [7, 11) is 1.26. The molecule has 0 aliphatic heterocycles. The van der Waals surface area contributed by atoms with Crippen LogP contribution in [0.5, 0.6) is 0 Å². The summed E-state index contributed by atoms with van der Waals surface area (Å²) in [6.45, 7) is 4.12. The van der Waals surface area contributed by atoms with Gasteiger partial charge in [0.1, 0.15) is 0 Å². The van der Waals surface area contributed by atoms with E-state index in [-0.39, 0.29) is 0 Å². The number of aliphatic hydroxyl groups is 1. The number of aliphatic carboxylic acids is 1. The van der Waals surface area contributed by atoms with Gasteiger partial charge in [0.2, 0.25) is 0 Å². The van der Waals surface area contributed by atoms with Crippen LogP contribution in [-0.4, -0.2) is 34.5 Å². The minimum Gasteiger partial charge on any atom is -0.479 e. The van der Waals surface area contributed by atoms with Gasteiger partial charge in [-0.1, -0.05) is 0 Å². The molecule has 0 fully saturated rings. The predicted octanol–water partition coefficient (Wildman–Crippen LogP) is 0.247. The van der Waals surface area contributed by atoms with Gasteiger partial charge in [0, 0.05) is 7.11 Å². The molecule has 1 atom stereocenters. The number of hydrogen-bond donors (Lipinski definition) is 2. The number of carbonyl (C=O) groups is 1. The van der Waals surface area contributed by atoms with Crippen LogP contribution >= 0.6 is 0 Å². The van der Waals surface area contributed by atoms with Crippen LogP contribution in [-0.2, 0) is 9.53 Å². The maximum absolute atomic E-state index is 10.6. The molecule has 0 heterocycles. The standard InChI is InChI=1S/C7H14O4/c1-6(2,10)7(3,11-4)5(8)9/h10H,1-4H3,(H,8,9). The molecule has 0 radical (unpaired) electrons. The molecule has 0 aromatic heterocycles. The second kappa shape index (κ2) is 2.79. The molecule has 0 aromatic rings. The number of carboxylic acid groups (broad SMARTS) is 1. The molecule has 0 rings (SSSR count). The Balaban J connectivity index is 4.75. The molecular formula is C7H14O4. The van der Waals surface area contributed by atoms with Gasteiger partial charge in [-0.15, -0.1) is 0 Å². The van der Waals surface area contributed by atoms with Gasteiger partial charge in [-0.05, 0) is 20.8 Å². The van der Waals surface area contributed by atoms with E-state index < -0.39 is 17.2 Å². The van der Waals surface area contributed by atoms with Crippen molar-refractivity contribution in [1.82, 2.24) is 0 Å². The molecule has 0 amide bonds. The number of methoxy groups -OCH3 is 1. The topological polar surface area (TPSA) is 66.8 Å². The lowest BCUT2D eigenvalue weighted by atomic mass is 9.88. The highest BCUT2D eigenvalue weighted by molar-refractivity contribution is 5.78. The Kier molecular flexibility index (Phi) is 2.64. The molecule has 0 bridgehead atoms. The summed E-state index contributed by atoms with van der Waals surface area (Å²) >= 11 is 0. The zero-order chi connectivity index (χ0) is 9.28. The second-order valence-electron chi connectivity index (χ2n) is 3.10. The summed E-state index contributed by atoms with van der Waals surface area (Å²) in [5, 5.41) is 18.1. The molecule has 0 aromatic carbocycles. The summed E-state index contributed by atoms with van der Waals surface area (Å²) in [6, 6.07) is 0. The molecule has 1 unspecified atom stereocenters. The third-order valence-electron chi connectivity index (χ3n) is 1.98. The summed E-state index contributed by atoms with van der Waals surface area (Å²) in [6.07, 6.45) is 0. The van der Waals surface area contributed by atoms with Crippen molar-refractivity contribution < 1.29 is 19.7 Å². The number of ether oxygens (including phenoxy) is 1. The lowest BCUT2D eigenvalue weighted by Gasteiger charge is -2.34. The third kappa shape index (κ3) is 1.70. The van der Waals surface area contributed by atoms with E-state index in [0.717, 1.165) is 0 Å². The van der Waals surface area contributed by atoms with Crippen molar-refractivity contribution in [2.45, 2.75) is 32.0 Å². The summed E-state index contributed by atoms with van der Waals surface area (Å²) in [5.41, 5.74) is -2.94. The van der Waals surface area contributed by atoms with Gasteiger partial charge in [0.25, 0.3) is 0 Å². The number of hydrogen-bond acceptors (Lipinski definition) is 3. The number of carboxylic acids is 1. The van der Waals surface area contributed by atoms with Crippen molar-refractivity contribution in [1.29, 1.82) is 0 Å². The first-order valence-electron chi connectivity index (χ1n) is 3.26.